The first kappa shape index (κ1) is 14.8. The molecule has 0 aliphatic carbocycles. The predicted molar refractivity (Wildman–Crippen MR) is 58.1 cm³/mol. The van der Waals surface area contributed by atoms with E-state index in [0.29, 0.717) is 11.3 Å². The van der Waals surface area contributed by atoms with Crippen molar-refractivity contribution >= 4 is 22.4 Å². The van der Waals surface area contributed by atoms with Gasteiger partial charge in [0.2, 0.25) is 11.0 Å². The second kappa shape index (κ2) is 6.07. The summed E-state index contributed by atoms with van der Waals surface area (Å²) >= 11 is 0.653. The lowest BCUT2D eigenvalue weighted by Crippen LogP contribution is -2.39. The normalized spacial score (nSPS) is 13.4. The fraction of sp³-hybridized carbons (Fsp3) is 0.625. The molecule has 1 unspecified atom stereocenters. The molecule has 1 heterocycles. The van der Waals surface area contributed by atoms with Crippen LogP contribution in [0.4, 0.5) is 18.3 Å². The molecule has 0 saturated heterocycles. The van der Waals surface area contributed by atoms with Crippen molar-refractivity contribution in [1.82, 2.24) is 10.2 Å². The van der Waals surface area contributed by atoms with Crippen LogP contribution < -0.4 is 11.1 Å². The molecule has 0 aliphatic rings. The number of alkyl halides is 3. The summed E-state index contributed by atoms with van der Waals surface area (Å²) in [6.07, 6.45) is -5.53. The van der Waals surface area contributed by atoms with Gasteiger partial charge in [-0.2, -0.15) is 13.2 Å². The highest BCUT2D eigenvalue weighted by molar-refractivity contribution is 7.15. The molecule has 6 nitrogen and oxygen atoms in total. The number of carbonyl (C=O) groups excluding carboxylic acids is 1. The van der Waals surface area contributed by atoms with E-state index in [9.17, 15) is 18.0 Å². The van der Waals surface area contributed by atoms with Gasteiger partial charge in [0.15, 0.2) is 0 Å². The third-order valence-corrected chi connectivity index (χ3v) is 2.57. The van der Waals surface area contributed by atoms with Gasteiger partial charge < -0.3 is 10.5 Å². The number of hydrogen-bond acceptors (Lipinski definition) is 6. The van der Waals surface area contributed by atoms with Gasteiger partial charge in [0.25, 0.3) is 0 Å². The highest BCUT2D eigenvalue weighted by atomic mass is 32.1. The van der Waals surface area contributed by atoms with Crippen LogP contribution in [-0.4, -0.2) is 42.0 Å². The topological polar surface area (TPSA) is 90.1 Å². The van der Waals surface area contributed by atoms with E-state index in [1.807, 2.05) is 0 Å². The van der Waals surface area contributed by atoms with Crippen molar-refractivity contribution in [3.05, 3.63) is 5.01 Å². The summed E-state index contributed by atoms with van der Waals surface area (Å²) in [4.78, 5) is 11.4. The van der Waals surface area contributed by atoms with E-state index >= 15 is 0 Å². The Bertz CT molecular complexity index is 409. The van der Waals surface area contributed by atoms with E-state index in [1.165, 1.54) is 7.11 Å². The third kappa shape index (κ3) is 4.94. The number of anilines is 1. The minimum atomic E-state index is -4.35. The molecule has 102 valence electrons. The van der Waals surface area contributed by atoms with E-state index in [0.717, 1.165) is 0 Å². The van der Waals surface area contributed by atoms with Gasteiger partial charge in [0.1, 0.15) is 11.0 Å². The van der Waals surface area contributed by atoms with Crippen molar-refractivity contribution in [2.75, 3.05) is 19.0 Å². The molecule has 0 spiro atoms. The van der Waals surface area contributed by atoms with Crippen molar-refractivity contribution in [3.8, 4) is 0 Å². The summed E-state index contributed by atoms with van der Waals surface area (Å²) in [7, 11) is 1.37. The number of hydrogen-bond donors (Lipinski definition) is 2. The zero-order chi connectivity index (χ0) is 13.8. The zero-order valence-electron chi connectivity index (χ0n) is 9.32. The largest absolute Gasteiger partial charge is 0.395 e. The maximum absolute atomic E-state index is 12.1. The van der Waals surface area contributed by atoms with Crippen molar-refractivity contribution in [3.63, 3.8) is 0 Å². The molecule has 10 heteroatoms. The van der Waals surface area contributed by atoms with Gasteiger partial charge in [0, 0.05) is 7.11 Å². The molecule has 1 aromatic rings. The molecule has 0 radical (unpaired) electrons. The summed E-state index contributed by atoms with van der Waals surface area (Å²) in [5, 5.41) is 8.76. The van der Waals surface area contributed by atoms with Gasteiger partial charge in [-0.15, -0.1) is 10.2 Å². The molecule has 0 fully saturated rings. The number of methoxy groups -OCH3 is 1. The lowest BCUT2D eigenvalue weighted by atomic mass is 10.3. The number of nitrogens with zero attached hydrogens (tertiary/aromatic N) is 2. The second-order valence-electron chi connectivity index (χ2n) is 3.34. The van der Waals surface area contributed by atoms with E-state index < -0.39 is 24.5 Å². The summed E-state index contributed by atoms with van der Waals surface area (Å²) in [6, 6.07) is -0.912. The lowest BCUT2D eigenvalue weighted by Gasteiger charge is -2.08. The maximum Gasteiger partial charge on any atom is 0.395 e. The van der Waals surface area contributed by atoms with Gasteiger partial charge >= 0.3 is 6.18 Å². The van der Waals surface area contributed by atoms with E-state index in [1.54, 1.807) is 0 Å². The first-order valence-corrected chi connectivity index (χ1v) is 5.58. The molecule has 0 aromatic carbocycles. The molecule has 0 bridgehead atoms. The number of nitrogens with two attached hydrogens (primary N) is 1. The van der Waals surface area contributed by atoms with Gasteiger partial charge in [-0.25, -0.2) is 0 Å². The molecule has 18 heavy (non-hydrogen) atoms. The fourth-order valence-electron chi connectivity index (χ4n) is 1.00. The van der Waals surface area contributed by atoms with E-state index in [2.05, 4.69) is 20.3 Å². The van der Waals surface area contributed by atoms with Crippen LogP contribution in [0.3, 0.4) is 0 Å². The number of aromatic nitrogens is 2. The highest BCUT2D eigenvalue weighted by Gasteiger charge is 2.30. The molecule has 0 aliphatic heterocycles. The number of halogens is 3. The molecular formula is C8H11F3N4O2S. The number of carbonyl (C=O) groups is 1. The first-order chi connectivity index (χ1) is 8.31. The predicted octanol–water partition coefficient (Wildman–Crippen LogP) is 0.555. The van der Waals surface area contributed by atoms with Crippen LogP contribution in [0.5, 0.6) is 0 Å². The Kier molecular flexibility index (Phi) is 4.99. The zero-order valence-corrected chi connectivity index (χ0v) is 10.1. The van der Waals surface area contributed by atoms with Crippen LogP contribution in [0.25, 0.3) is 0 Å². The van der Waals surface area contributed by atoms with Crippen LogP contribution >= 0.6 is 11.3 Å². The second-order valence-corrected chi connectivity index (χ2v) is 4.41. The quantitative estimate of drug-likeness (QED) is 0.824. The molecule has 1 rings (SSSR count). The fourth-order valence-corrected chi connectivity index (χ4v) is 1.77. The van der Waals surface area contributed by atoms with Crippen LogP contribution in [0.2, 0.25) is 0 Å². The minimum absolute atomic E-state index is 0.0000450. The van der Waals surface area contributed by atoms with Gasteiger partial charge in [-0.05, 0) is 0 Å². The van der Waals surface area contributed by atoms with Crippen LogP contribution in [0.1, 0.15) is 5.01 Å². The van der Waals surface area contributed by atoms with Gasteiger partial charge in [-0.3, -0.25) is 10.1 Å². The average Bonchev–Trinajstić information content (AvgIpc) is 2.63. The number of ether oxygens (including phenoxy) is 1. The molecule has 1 atom stereocenters. The Balaban J connectivity index is 2.56. The first-order valence-electron chi connectivity index (χ1n) is 4.76. The lowest BCUT2D eigenvalue weighted by molar-refractivity contribution is -0.127. The van der Waals surface area contributed by atoms with Crippen molar-refractivity contribution in [1.29, 1.82) is 0 Å². The van der Waals surface area contributed by atoms with Crippen LogP contribution in [0.15, 0.2) is 0 Å². The third-order valence-electron chi connectivity index (χ3n) is 1.73. The Labute approximate surface area is 104 Å². The molecular weight excluding hydrogens is 273 g/mol. The Morgan fingerprint density at radius 1 is 1.56 bits per heavy atom. The Morgan fingerprint density at radius 2 is 2.22 bits per heavy atom. The molecule has 0 saturated carbocycles. The SMILES string of the molecule is COCC(N)C(=O)Nc1nnc(CC(F)(F)F)s1. The smallest absolute Gasteiger partial charge is 0.383 e. The van der Waals surface area contributed by atoms with Crippen LogP contribution in [-0.2, 0) is 16.0 Å². The summed E-state index contributed by atoms with van der Waals surface area (Å²) in [5.74, 6) is -0.591. The maximum atomic E-state index is 12.1. The summed E-state index contributed by atoms with van der Waals surface area (Å²) < 4.78 is 40.8. The van der Waals surface area contributed by atoms with Crippen molar-refractivity contribution in [2.24, 2.45) is 5.73 Å². The Morgan fingerprint density at radius 3 is 2.78 bits per heavy atom. The minimum Gasteiger partial charge on any atom is -0.383 e. The number of nitrogens with one attached hydrogen (secondary N) is 1. The van der Waals surface area contributed by atoms with Crippen LogP contribution in [0, 0.1) is 0 Å². The van der Waals surface area contributed by atoms with Gasteiger partial charge in [0.05, 0.1) is 13.0 Å². The van der Waals surface area contributed by atoms with E-state index in [4.69, 9.17) is 5.73 Å². The molecule has 1 aromatic heterocycles. The molecule has 3 N–H and O–H groups in total. The summed E-state index contributed by atoms with van der Waals surface area (Å²) in [6.45, 7) is 0.0000450. The number of amides is 1. The highest BCUT2D eigenvalue weighted by Crippen LogP contribution is 2.24. The van der Waals surface area contributed by atoms with E-state index in [-0.39, 0.29) is 16.7 Å². The molecule has 1 amide bonds. The van der Waals surface area contributed by atoms with Crippen molar-refractivity contribution in [2.45, 2.75) is 18.6 Å². The van der Waals surface area contributed by atoms with Gasteiger partial charge in [-0.1, -0.05) is 11.3 Å². The number of rotatable bonds is 5. The van der Waals surface area contributed by atoms with Crippen molar-refractivity contribution < 1.29 is 22.7 Å². The average molecular weight is 284 g/mol. The standard InChI is InChI=1S/C8H11F3N4O2S/c1-17-3-4(12)6(16)13-7-15-14-5(18-7)2-8(9,10)11/h4H,2-3,12H2,1H3,(H,13,15,16). The monoisotopic (exact) mass is 284 g/mol. The Hall–Kier alpha value is -1.26. The summed E-state index contributed by atoms with van der Waals surface area (Å²) in [5.41, 5.74) is 5.42.